The van der Waals surface area contributed by atoms with E-state index in [4.69, 9.17) is 0 Å². The molecule has 0 saturated carbocycles. The van der Waals surface area contributed by atoms with Gasteiger partial charge in [0.1, 0.15) is 5.70 Å². The molecule has 0 aliphatic carbocycles. The van der Waals surface area contributed by atoms with E-state index >= 15 is 0 Å². The van der Waals surface area contributed by atoms with Crippen LogP contribution in [-0.2, 0) is 4.79 Å². The zero-order chi connectivity index (χ0) is 17.3. The average molecular weight is 337 g/mol. The smallest absolute Gasteiger partial charge is 0.351 e. The molecule has 0 bridgehead atoms. The summed E-state index contributed by atoms with van der Waals surface area (Å²) in [4.78, 5) is 10.6. The summed E-state index contributed by atoms with van der Waals surface area (Å²) in [6, 6.07) is 0.159. The molecule has 0 saturated heterocycles. The number of nitrogens with one attached hydrogen (secondary N) is 1. The van der Waals surface area contributed by atoms with Gasteiger partial charge in [0.05, 0.1) is 0 Å². The molecule has 11 heteroatoms. The van der Waals surface area contributed by atoms with Crippen molar-refractivity contribution in [3.05, 3.63) is 41.4 Å². The topological polar surface area (TPSA) is 29.1 Å². The Balaban J connectivity index is 3.22. The largest absolute Gasteiger partial charge is 0.454 e. The summed E-state index contributed by atoms with van der Waals surface area (Å²) < 4.78 is 112. The summed E-state index contributed by atoms with van der Waals surface area (Å²) in [5.41, 5.74) is -3.25. The number of hydrogen-bond donors (Lipinski definition) is 1. The van der Waals surface area contributed by atoms with Crippen LogP contribution in [0.15, 0.2) is 23.9 Å². The van der Waals surface area contributed by atoms with Gasteiger partial charge in [0.15, 0.2) is 17.5 Å². The number of rotatable bonds is 3. The van der Waals surface area contributed by atoms with Crippen LogP contribution in [0.2, 0.25) is 0 Å². The Morgan fingerprint density at radius 3 is 1.73 bits per heavy atom. The van der Waals surface area contributed by atoms with E-state index in [1.54, 1.807) is 0 Å². The Labute approximate surface area is 116 Å². The summed E-state index contributed by atoms with van der Waals surface area (Å²) >= 11 is 0. The molecule has 0 spiro atoms. The number of halogens is 9. The summed E-state index contributed by atoms with van der Waals surface area (Å²) in [7, 11) is 0. The summed E-state index contributed by atoms with van der Waals surface area (Å²) in [6.07, 6.45) is -11.8. The van der Waals surface area contributed by atoms with Crippen molar-refractivity contribution in [3.63, 3.8) is 0 Å². The second-order valence-electron chi connectivity index (χ2n) is 3.80. The minimum absolute atomic E-state index is 0.0794. The van der Waals surface area contributed by atoms with Crippen LogP contribution in [0.3, 0.4) is 0 Å². The quantitative estimate of drug-likeness (QED) is 0.511. The number of carbonyl (C=O) groups excluding carboxylic acids is 1. The van der Waals surface area contributed by atoms with Gasteiger partial charge in [-0.3, -0.25) is 4.79 Å². The predicted octanol–water partition coefficient (Wildman–Crippen LogP) is 4.09. The normalized spacial score (nSPS) is 13.2. The first-order valence-electron chi connectivity index (χ1n) is 5.14. The molecule has 1 aromatic carbocycles. The van der Waals surface area contributed by atoms with Crippen molar-refractivity contribution in [3.8, 4) is 0 Å². The lowest BCUT2D eigenvalue weighted by Gasteiger charge is -2.15. The van der Waals surface area contributed by atoms with Crippen LogP contribution >= 0.6 is 0 Å². The molecule has 0 aromatic heterocycles. The number of allylic oxidation sites excluding steroid dienone is 2. The van der Waals surface area contributed by atoms with E-state index < -0.39 is 53.0 Å². The van der Waals surface area contributed by atoms with E-state index in [2.05, 4.69) is 0 Å². The minimum Gasteiger partial charge on any atom is -0.351 e. The lowest BCUT2D eigenvalue weighted by atomic mass is 10.2. The molecule has 0 aliphatic rings. The highest BCUT2D eigenvalue weighted by Gasteiger charge is 2.41. The van der Waals surface area contributed by atoms with Crippen molar-refractivity contribution < 1.29 is 44.3 Å². The molecule has 0 radical (unpaired) electrons. The minimum atomic E-state index is -5.57. The van der Waals surface area contributed by atoms with Crippen LogP contribution in [0.25, 0.3) is 0 Å². The number of alkyl halides is 6. The first-order chi connectivity index (χ1) is 9.82. The number of anilines is 1. The third-order valence-electron chi connectivity index (χ3n) is 2.12. The van der Waals surface area contributed by atoms with Crippen molar-refractivity contribution in [2.45, 2.75) is 12.4 Å². The van der Waals surface area contributed by atoms with Crippen LogP contribution < -0.4 is 5.32 Å². The molecule has 0 atom stereocenters. The highest BCUT2D eigenvalue weighted by atomic mass is 19.4. The second-order valence-corrected chi connectivity index (χ2v) is 3.80. The van der Waals surface area contributed by atoms with Crippen molar-refractivity contribution in [1.29, 1.82) is 0 Å². The van der Waals surface area contributed by atoms with Gasteiger partial charge in [0.25, 0.3) is 5.78 Å². The SMILES string of the molecule is O=C(/C=C(/Nc1cc(F)c(F)c(F)c1)C(F)(F)F)C(F)(F)F. The van der Waals surface area contributed by atoms with Crippen molar-refractivity contribution in [2.75, 3.05) is 5.32 Å². The monoisotopic (exact) mass is 337 g/mol. The molecule has 2 nitrogen and oxygen atoms in total. The predicted molar refractivity (Wildman–Crippen MR) is 55.1 cm³/mol. The number of ketones is 1. The van der Waals surface area contributed by atoms with Crippen molar-refractivity contribution in [1.82, 2.24) is 0 Å². The molecule has 0 heterocycles. The van der Waals surface area contributed by atoms with Crippen molar-refractivity contribution in [2.24, 2.45) is 0 Å². The Morgan fingerprint density at radius 2 is 1.36 bits per heavy atom. The fourth-order valence-electron chi connectivity index (χ4n) is 1.18. The van der Waals surface area contributed by atoms with Crippen LogP contribution in [0.5, 0.6) is 0 Å². The number of carbonyl (C=O) groups is 1. The van der Waals surface area contributed by atoms with Crippen LogP contribution in [-0.4, -0.2) is 18.1 Å². The third-order valence-corrected chi connectivity index (χ3v) is 2.12. The first kappa shape index (κ1) is 17.9. The fraction of sp³-hybridized carbons (Fsp3) is 0.182. The molecular formula is C11H4F9NO. The summed E-state index contributed by atoms with van der Waals surface area (Å²) in [6.45, 7) is 0. The molecule has 0 aliphatic heterocycles. The fourth-order valence-corrected chi connectivity index (χ4v) is 1.18. The molecule has 0 unspecified atom stereocenters. The molecular weight excluding hydrogens is 333 g/mol. The van der Waals surface area contributed by atoms with Crippen molar-refractivity contribution >= 4 is 11.5 Å². The van der Waals surface area contributed by atoms with Gasteiger partial charge in [-0.15, -0.1) is 0 Å². The van der Waals surface area contributed by atoms with E-state index in [0.29, 0.717) is 0 Å². The molecule has 22 heavy (non-hydrogen) atoms. The van der Waals surface area contributed by atoms with E-state index in [9.17, 15) is 44.3 Å². The summed E-state index contributed by atoms with van der Waals surface area (Å²) in [5.74, 6) is -8.55. The van der Waals surface area contributed by atoms with Crippen LogP contribution in [0.1, 0.15) is 0 Å². The first-order valence-corrected chi connectivity index (χ1v) is 5.14. The highest BCUT2D eigenvalue weighted by molar-refractivity contribution is 5.95. The Morgan fingerprint density at radius 1 is 0.909 bits per heavy atom. The Bertz CT molecular complexity index is 592. The average Bonchev–Trinajstić information content (AvgIpc) is 2.32. The zero-order valence-electron chi connectivity index (χ0n) is 10.0. The molecule has 122 valence electrons. The molecule has 1 aromatic rings. The zero-order valence-corrected chi connectivity index (χ0v) is 10.0. The molecule has 0 fully saturated rings. The van der Waals surface area contributed by atoms with E-state index in [1.165, 1.54) is 5.32 Å². The lowest BCUT2D eigenvalue weighted by molar-refractivity contribution is -0.165. The van der Waals surface area contributed by atoms with Gasteiger partial charge < -0.3 is 5.32 Å². The maximum absolute atomic E-state index is 12.8. The van der Waals surface area contributed by atoms with Gasteiger partial charge in [-0.05, 0) is 0 Å². The number of benzene rings is 1. The number of hydrogen-bond acceptors (Lipinski definition) is 2. The Kier molecular flexibility index (Phi) is 4.78. The third kappa shape index (κ3) is 4.40. The standard InChI is InChI=1S/C11H4F9NO/c12-5-1-4(2-6(13)9(5)14)21-7(10(15,16)17)3-8(22)11(18,19)20/h1-3,21H/b7-3+. The van der Waals surface area contributed by atoms with Crippen LogP contribution in [0.4, 0.5) is 45.2 Å². The molecule has 0 amide bonds. The molecule has 1 N–H and O–H groups in total. The van der Waals surface area contributed by atoms with Gasteiger partial charge in [0.2, 0.25) is 0 Å². The lowest BCUT2D eigenvalue weighted by Crippen LogP contribution is -2.26. The highest BCUT2D eigenvalue weighted by Crippen LogP contribution is 2.29. The second kappa shape index (κ2) is 5.89. The van der Waals surface area contributed by atoms with E-state index in [1.807, 2.05) is 0 Å². The van der Waals surface area contributed by atoms with Gasteiger partial charge >= 0.3 is 12.4 Å². The maximum Gasteiger partial charge on any atom is 0.454 e. The van der Waals surface area contributed by atoms with E-state index in [-0.39, 0.29) is 12.1 Å². The Hall–Kier alpha value is -2.20. The van der Waals surface area contributed by atoms with Gasteiger partial charge in [-0.1, -0.05) is 0 Å². The van der Waals surface area contributed by atoms with E-state index in [0.717, 1.165) is 0 Å². The summed E-state index contributed by atoms with van der Waals surface area (Å²) in [5, 5.41) is 1.20. The van der Waals surface area contributed by atoms with Gasteiger partial charge in [0, 0.05) is 23.9 Å². The van der Waals surface area contributed by atoms with Gasteiger partial charge in [-0.2, -0.15) is 26.3 Å². The van der Waals surface area contributed by atoms with Gasteiger partial charge in [-0.25, -0.2) is 13.2 Å². The maximum atomic E-state index is 12.8. The molecule has 1 rings (SSSR count). The van der Waals surface area contributed by atoms with Crippen LogP contribution in [0, 0.1) is 17.5 Å².